The zero-order valence-electron chi connectivity index (χ0n) is 16.4. The molecule has 32 heavy (non-hydrogen) atoms. The lowest BCUT2D eigenvalue weighted by atomic mass is 10.0. The van der Waals surface area contributed by atoms with Crippen LogP contribution < -0.4 is 5.32 Å². The van der Waals surface area contributed by atoms with E-state index in [-0.39, 0.29) is 22.7 Å². The first-order valence-corrected chi connectivity index (χ1v) is 10.5. The number of aromatic carboxylic acids is 2. The van der Waals surface area contributed by atoms with Crippen molar-refractivity contribution in [2.24, 2.45) is 0 Å². The van der Waals surface area contributed by atoms with Gasteiger partial charge in [0.1, 0.15) is 0 Å². The van der Waals surface area contributed by atoms with E-state index in [2.05, 4.69) is 5.32 Å². The standard InChI is InChI=1S/C23H16ClNO6S/c24-15-4-1-13(2-5-15)20(26)12-32-17-8-6-16(7-9-17)25-21(27)18-10-3-14(22(28)29)11-19(18)23(30)31/h1-11H,12H2,(H,25,27)(H,28,29)(H,30,31). The molecule has 3 N–H and O–H groups in total. The number of carbonyl (C=O) groups excluding carboxylic acids is 2. The molecule has 1 amide bonds. The molecule has 3 aromatic carbocycles. The summed E-state index contributed by atoms with van der Waals surface area (Å²) in [4.78, 5) is 48.1. The predicted octanol–water partition coefficient (Wildman–Crippen LogP) is 4.96. The third-order valence-electron chi connectivity index (χ3n) is 4.39. The number of rotatable bonds is 8. The molecule has 0 bridgehead atoms. The molecule has 0 spiro atoms. The molecule has 162 valence electrons. The largest absolute Gasteiger partial charge is 0.478 e. The maximum atomic E-state index is 12.5. The van der Waals surface area contributed by atoms with Crippen LogP contribution in [0, 0.1) is 0 Å². The fraction of sp³-hybridized carbons (Fsp3) is 0.0435. The third-order valence-corrected chi connectivity index (χ3v) is 5.65. The van der Waals surface area contributed by atoms with Crippen LogP contribution in [0.25, 0.3) is 0 Å². The van der Waals surface area contributed by atoms with Gasteiger partial charge in [-0.25, -0.2) is 9.59 Å². The lowest BCUT2D eigenvalue weighted by Gasteiger charge is -2.09. The first kappa shape index (κ1) is 23.1. The van der Waals surface area contributed by atoms with Crippen molar-refractivity contribution in [1.82, 2.24) is 0 Å². The Balaban J connectivity index is 1.65. The average Bonchev–Trinajstić information content (AvgIpc) is 2.78. The van der Waals surface area contributed by atoms with E-state index in [0.29, 0.717) is 16.3 Å². The number of anilines is 1. The van der Waals surface area contributed by atoms with Gasteiger partial charge in [-0.05, 0) is 66.7 Å². The number of carbonyl (C=O) groups is 4. The van der Waals surface area contributed by atoms with Crippen molar-refractivity contribution < 1.29 is 29.4 Å². The predicted molar refractivity (Wildman–Crippen MR) is 121 cm³/mol. The van der Waals surface area contributed by atoms with Crippen LogP contribution in [-0.4, -0.2) is 39.6 Å². The number of benzene rings is 3. The Hall–Kier alpha value is -3.62. The van der Waals surface area contributed by atoms with Gasteiger partial charge >= 0.3 is 11.9 Å². The van der Waals surface area contributed by atoms with Crippen LogP contribution in [0.4, 0.5) is 5.69 Å². The number of hydrogen-bond donors (Lipinski definition) is 3. The fourth-order valence-corrected chi connectivity index (χ4v) is 3.67. The molecule has 3 rings (SSSR count). The molecule has 0 saturated heterocycles. The molecular weight excluding hydrogens is 454 g/mol. The minimum absolute atomic E-state index is 0.0462. The zero-order chi connectivity index (χ0) is 23.3. The van der Waals surface area contributed by atoms with Crippen LogP contribution in [-0.2, 0) is 0 Å². The van der Waals surface area contributed by atoms with E-state index < -0.39 is 23.4 Å². The highest BCUT2D eigenvalue weighted by Crippen LogP contribution is 2.23. The number of Topliss-reactive ketones (excluding diaryl/α,β-unsaturated/α-hetero) is 1. The topological polar surface area (TPSA) is 121 Å². The van der Waals surface area contributed by atoms with Gasteiger partial charge < -0.3 is 15.5 Å². The molecule has 0 aliphatic carbocycles. The number of amides is 1. The second-order valence-corrected chi connectivity index (χ2v) is 8.05. The summed E-state index contributed by atoms with van der Waals surface area (Å²) in [7, 11) is 0. The van der Waals surface area contributed by atoms with Crippen molar-refractivity contribution in [3.63, 3.8) is 0 Å². The Kier molecular flexibility index (Phi) is 7.29. The van der Waals surface area contributed by atoms with E-state index in [4.69, 9.17) is 16.7 Å². The highest BCUT2D eigenvalue weighted by molar-refractivity contribution is 8.00. The van der Waals surface area contributed by atoms with Crippen LogP contribution in [0.5, 0.6) is 0 Å². The summed E-state index contributed by atoms with van der Waals surface area (Å²) >= 11 is 7.16. The minimum Gasteiger partial charge on any atom is -0.478 e. The molecule has 0 atom stereocenters. The van der Waals surface area contributed by atoms with Crippen molar-refractivity contribution in [3.8, 4) is 0 Å². The summed E-state index contributed by atoms with van der Waals surface area (Å²) in [5, 5.41) is 21.5. The van der Waals surface area contributed by atoms with Gasteiger partial charge in [0.05, 0.1) is 22.4 Å². The molecular formula is C23H16ClNO6S. The Morgan fingerprint density at radius 2 is 1.41 bits per heavy atom. The number of ketones is 1. The van der Waals surface area contributed by atoms with E-state index in [9.17, 15) is 24.3 Å². The molecule has 0 fully saturated rings. The van der Waals surface area contributed by atoms with Gasteiger partial charge in [-0.3, -0.25) is 9.59 Å². The molecule has 7 nitrogen and oxygen atoms in total. The number of halogens is 1. The number of carboxylic acid groups (broad SMARTS) is 2. The molecule has 0 aliphatic rings. The second kappa shape index (κ2) is 10.1. The van der Waals surface area contributed by atoms with Crippen molar-refractivity contribution in [2.75, 3.05) is 11.1 Å². The second-order valence-electron chi connectivity index (χ2n) is 6.57. The number of thioether (sulfide) groups is 1. The molecule has 0 heterocycles. The van der Waals surface area contributed by atoms with Crippen LogP contribution in [0.2, 0.25) is 5.02 Å². The van der Waals surface area contributed by atoms with E-state index >= 15 is 0 Å². The summed E-state index contributed by atoms with van der Waals surface area (Å²) < 4.78 is 0. The molecule has 0 radical (unpaired) electrons. The average molecular weight is 470 g/mol. The van der Waals surface area contributed by atoms with Crippen molar-refractivity contribution in [3.05, 3.63) is 94.0 Å². The minimum atomic E-state index is -1.41. The van der Waals surface area contributed by atoms with Crippen LogP contribution in [0.1, 0.15) is 41.4 Å². The van der Waals surface area contributed by atoms with Crippen molar-refractivity contribution in [2.45, 2.75) is 4.90 Å². The van der Waals surface area contributed by atoms with Gasteiger partial charge in [0.25, 0.3) is 5.91 Å². The monoisotopic (exact) mass is 469 g/mol. The Morgan fingerprint density at radius 1 is 0.781 bits per heavy atom. The zero-order valence-corrected chi connectivity index (χ0v) is 17.9. The maximum absolute atomic E-state index is 12.5. The van der Waals surface area contributed by atoms with Gasteiger partial charge in [-0.1, -0.05) is 11.6 Å². The molecule has 0 saturated carbocycles. The molecule has 0 aliphatic heterocycles. The number of hydrogen-bond acceptors (Lipinski definition) is 5. The first-order valence-electron chi connectivity index (χ1n) is 9.18. The summed E-state index contributed by atoms with van der Waals surface area (Å²) in [6.45, 7) is 0. The molecule has 0 unspecified atom stereocenters. The van der Waals surface area contributed by atoms with Crippen LogP contribution in [0.3, 0.4) is 0 Å². The molecule has 0 aromatic heterocycles. The molecule has 9 heteroatoms. The number of carboxylic acids is 2. The Labute approximate surface area is 192 Å². The SMILES string of the molecule is O=C(O)c1ccc(C(=O)Nc2ccc(SCC(=O)c3ccc(Cl)cc3)cc2)c(C(=O)O)c1. The molecule has 3 aromatic rings. The van der Waals surface area contributed by atoms with Crippen molar-refractivity contribution >= 4 is 52.7 Å². The smallest absolute Gasteiger partial charge is 0.336 e. The summed E-state index contributed by atoms with van der Waals surface area (Å²) in [5.41, 5.74) is 0.189. The van der Waals surface area contributed by atoms with Gasteiger partial charge in [0, 0.05) is 21.2 Å². The van der Waals surface area contributed by atoms with E-state index in [1.165, 1.54) is 17.8 Å². The van der Waals surface area contributed by atoms with E-state index in [0.717, 1.165) is 17.0 Å². The highest BCUT2D eigenvalue weighted by atomic mass is 35.5. The van der Waals surface area contributed by atoms with Gasteiger partial charge in [0.2, 0.25) is 0 Å². The number of nitrogens with one attached hydrogen (secondary N) is 1. The van der Waals surface area contributed by atoms with Crippen LogP contribution in [0.15, 0.2) is 71.6 Å². The summed E-state index contributed by atoms with van der Waals surface area (Å²) in [5.74, 6) is -3.20. The Bertz CT molecular complexity index is 1190. The lowest BCUT2D eigenvalue weighted by molar-refractivity contribution is 0.0692. The summed E-state index contributed by atoms with van der Waals surface area (Å²) in [6, 6.07) is 16.6. The maximum Gasteiger partial charge on any atom is 0.336 e. The van der Waals surface area contributed by atoms with Gasteiger partial charge in [0.15, 0.2) is 5.78 Å². The normalized spacial score (nSPS) is 10.4. The third kappa shape index (κ3) is 5.75. The van der Waals surface area contributed by atoms with Gasteiger partial charge in [-0.2, -0.15) is 0 Å². The quantitative estimate of drug-likeness (QED) is 0.315. The van der Waals surface area contributed by atoms with E-state index in [1.54, 1.807) is 48.5 Å². The summed E-state index contributed by atoms with van der Waals surface area (Å²) in [6.07, 6.45) is 0. The van der Waals surface area contributed by atoms with Crippen molar-refractivity contribution in [1.29, 1.82) is 0 Å². The van der Waals surface area contributed by atoms with Crippen LogP contribution >= 0.6 is 23.4 Å². The van der Waals surface area contributed by atoms with E-state index in [1.807, 2.05) is 0 Å². The Morgan fingerprint density at radius 3 is 2.00 bits per heavy atom. The first-order chi connectivity index (χ1) is 15.2. The fourth-order valence-electron chi connectivity index (χ4n) is 2.75. The highest BCUT2D eigenvalue weighted by Gasteiger charge is 2.19. The van der Waals surface area contributed by atoms with Gasteiger partial charge in [-0.15, -0.1) is 11.8 Å². The lowest BCUT2D eigenvalue weighted by Crippen LogP contribution is -2.17.